The fourth-order valence-corrected chi connectivity index (χ4v) is 2.42. The molecule has 1 fully saturated rings. The monoisotopic (exact) mass is 417 g/mol. The molecule has 1 saturated carbocycles. The molecule has 1 aliphatic rings. The average molecular weight is 417 g/mol. The van der Waals surface area contributed by atoms with Gasteiger partial charge < -0.3 is 15.8 Å². The number of benzene rings is 1. The quantitative estimate of drug-likeness (QED) is 0.295. The number of rotatable bonds is 8. The summed E-state index contributed by atoms with van der Waals surface area (Å²) in [5, 5.41) is 3.20. The molecule has 124 valence electrons. The first-order valence-electron chi connectivity index (χ1n) is 7.94. The van der Waals surface area contributed by atoms with Gasteiger partial charge >= 0.3 is 0 Å². The van der Waals surface area contributed by atoms with Gasteiger partial charge in [0.05, 0.1) is 7.11 Å². The second-order valence-electron chi connectivity index (χ2n) is 5.75. The standard InChI is InChI=1S/C17H27N3O.HI/c1-21-16-10-8-14(9-11-16)5-2-3-12-19-17(18)20-13-15-6-4-7-15;/h8-11,15H,2-7,12-13H2,1H3,(H3,18,19,20);1H. The van der Waals surface area contributed by atoms with Crippen molar-refractivity contribution >= 4 is 29.9 Å². The second-order valence-corrected chi connectivity index (χ2v) is 5.75. The Morgan fingerprint density at radius 3 is 2.59 bits per heavy atom. The molecule has 1 aromatic rings. The first-order valence-corrected chi connectivity index (χ1v) is 7.94. The third kappa shape index (κ3) is 6.85. The summed E-state index contributed by atoms with van der Waals surface area (Å²) in [6.45, 7) is 1.79. The number of nitrogens with one attached hydrogen (secondary N) is 1. The van der Waals surface area contributed by atoms with Crippen molar-refractivity contribution < 1.29 is 4.74 Å². The lowest BCUT2D eigenvalue weighted by Gasteiger charge is -2.23. The van der Waals surface area contributed by atoms with Crippen molar-refractivity contribution in [1.29, 1.82) is 0 Å². The molecule has 0 bridgehead atoms. The Kier molecular flexibility index (Phi) is 9.27. The molecule has 0 spiro atoms. The van der Waals surface area contributed by atoms with E-state index in [1.165, 1.54) is 24.8 Å². The van der Waals surface area contributed by atoms with Gasteiger partial charge in [0.15, 0.2) is 5.96 Å². The topological polar surface area (TPSA) is 59.6 Å². The zero-order valence-corrected chi connectivity index (χ0v) is 15.7. The Bertz CT molecular complexity index is 444. The lowest BCUT2D eigenvalue weighted by molar-refractivity contribution is 0.326. The number of aryl methyl sites for hydroxylation is 1. The van der Waals surface area contributed by atoms with E-state index in [-0.39, 0.29) is 24.0 Å². The Labute approximate surface area is 150 Å². The molecule has 0 amide bonds. The molecule has 3 N–H and O–H groups in total. The van der Waals surface area contributed by atoms with Gasteiger partial charge in [-0.15, -0.1) is 24.0 Å². The molecule has 4 nitrogen and oxygen atoms in total. The van der Waals surface area contributed by atoms with Crippen molar-refractivity contribution in [2.24, 2.45) is 16.6 Å². The molecule has 0 radical (unpaired) electrons. The predicted octanol–water partition coefficient (Wildman–Crippen LogP) is 3.34. The highest BCUT2D eigenvalue weighted by Crippen LogP contribution is 2.26. The van der Waals surface area contributed by atoms with Crippen molar-refractivity contribution in [3.8, 4) is 5.75 Å². The van der Waals surface area contributed by atoms with Gasteiger partial charge in [-0.3, -0.25) is 4.99 Å². The number of ether oxygens (including phenoxy) is 1. The summed E-state index contributed by atoms with van der Waals surface area (Å²) in [4.78, 5) is 4.39. The maximum absolute atomic E-state index is 5.85. The lowest BCUT2D eigenvalue weighted by atomic mass is 9.86. The molecule has 1 aromatic carbocycles. The largest absolute Gasteiger partial charge is 0.497 e. The van der Waals surface area contributed by atoms with Gasteiger partial charge in [0.25, 0.3) is 0 Å². The summed E-state index contributed by atoms with van der Waals surface area (Å²) >= 11 is 0. The van der Waals surface area contributed by atoms with Crippen LogP contribution in [0, 0.1) is 5.92 Å². The van der Waals surface area contributed by atoms with E-state index in [9.17, 15) is 0 Å². The summed E-state index contributed by atoms with van der Waals surface area (Å²) < 4.78 is 5.15. The fraction of sp³-hybridized carbons (Fsp3) is 0.588. The molecule has 5 heteroatoms. The van der Waals surface area contributed by atoms with E-state index in [1.807, 2.05) is 12.1 Å². The third-order valence-electron chi connectivity index (χ3n) is 4.10. The zero-order valence-electron chi connectivity index (χ0n) is 13.4. The van der Waals surface area contributed by atoms with Gasteiger partial charge in [0.2, 0.25) is 0 Å². The minimum Gasteiger partial charge on any atom is -0.497 e. The van der Waals surface area contributed by atoms with Gasteiger partial charge in [-0.2, -0.15) is 0 Å². The number of hydrogen-bond acceptors (Lipinski definition) is 2. The molecule has 0 aromatic heterocycles. The first kappa shape index (κ1) is 19.1. The molecular weight excluding hydrogens is 389 g/mol. The van der Waals surface area contributed by atoms with Gasteiger partial charge in [-0.1, -0.05) is 18.6 Å². The van der Waals surface area contributed by atoms with Crippen molar-refractivity contribution in [3.05, 3.63) is 29.8 Å². The number of methoxy groups -OCH3 is 1. The van der Waals surface area contributed by atoms with Crippen LogP contribution in [0.15, 0.2) is 29.3 Å². The van der Waals surface area contributed by atoms with Crippen molar-refractivity contribution in [2.45, 2.75) is 38.5 Å². The fourth-order valence-electron chi connectivity index (χ4n) is 2.42. The van der Waals surface area contributed by atoms with E-state index in [0.29, 0.717) is 5.96 Å². The van der Waals surface area contributed by atoms with Crippen LogP contribution in [0.2, 0.25) is 0 Å². The highest BCUT2D eigenvalue weighted by Gasteiger charge is 2.16. The molecule has 0 saturated heterocycles. The van der Waals surface area contributed by atoms with Gasteiger partial charge in [0, 0.05) is 13.1 Å². The number of guanidine groups is 1. The van der Waals surface area contributed by atoms with Gasteiger partial charge in [0.1, 0.15) is 5.75 Å². The zero-order chi connectivity index (χ0) is 14.9. The SMILES string of the molecule is COc1ccc(CCCCNC(N)=NCC2CCC2)cc1.I. The van der Waals surface area contributed by atoms with Crippen LogP contribution in [0.3, 0.4) is 0 Å². The summed E-state index contributed by atoms with van der Waals surface area (Å²) in [7, 11) is 1.69. The molecule has 0 atom stereocenters. The lowest BCUT2D eigenvalue weighted by Crippen LogP contribution is -2.33. The second kappa shape index (κ2) is 10.7. The van der Waals surface area contributed by atoms with E-state index in [0.717, 1.165) is 44.0 Å². The number of nitrogens with two attached hydrogens (primary N) is 1. The maximum Gasteiger partial charge on any atom is 0.188 e. The van der Waals surface area contributed by atoms with Crippen LogP contribution in [0.5, 0.6) is 5.75 Å². The van der Waals surface area contributed by atoms with Crippen LogP contribution >= 0.6 is 24.0 Å². The van der Waals surface area contributed by atoms with E-state index in [2.05, 4.69) is 22.4 Å². The average Bonchev–Trinajstić information content (AvgIpc) is 2.46. The van der Waals surface area contributed by atoms with E-state index in [4.69, 9.17) is 10.5 Å². The minimum atomic E-state index is 0. The first-order chi connectivity index (χ1) is 10.3. The van der Waals surface area contributed by atoms with Crippen molar-refractivity contribution in [2.75, 3.05) is 20.2 Å². The summed E-state index contributed by atoms with van der Waals surface area (Å²) in [5.74, 6) is 2.29. The Balaban J connectivity index is 0.00000242. The predicted molar refractivity (Wildman–Crippen MR) is 103 cm³/mol. The molecule has 0 heterocycles. The Hall–Kier alpha value is -0.980. The highest BCUT2D eigenvalue weighted by molar-refractivity contribution is 14.0. The van der Waals surface area contributed by atoms with Gasteiger partial charge in [-0.25, -0.2) is 0 Å². The van der Waals surface area contributed by atoms with Crippen LogP contribution in [-0.2, 0) is 6.42 Å². The molecule has 0 unspecified atom stereocenters. The smallest absolute Gasteiger partial charge is 0.188 e. The Morgan fingerprint density at radius 2 is 2.00 bits per heavy atom. The highest BCUT2D eigenvalue weighted by atomic mass is 127. The molecular formula is C17H28IN3O. The number of unbranched alkanes of at least 4 members (excludes halogenated alkanes) is 1. The minimum absolute atomic E-state index is 0. The maximum atomic E-state index is 5.85. The van der Waals surface area contributed by atoms with Crippen molar-refractivity contribution in [3.63, 3.8) is 0 Å². The van der Waals surface area contributed by atoms with Crippen LogP contribution in [0.25, 0.3) is 0 Å². The summed E-state index contributed by atoms with van der Waals surface area (Å²) in [6.07, 6.45) is 7.34. The summed E-state index contributed by atoms with van der Waals surface area (Å²) in [6, 6.07) is 8.28. The molecule has 22 heavy (non-hydrogen) atoms. The molecule has 2 rings (SSSR count). The number of nitrogens with zero attached hydrogens (tertiary/aromatic N) is 1. The third-order valence-corrected chi connectivity index (χ3v) is 4.10. The van der Waals surface area contributed by atoms with Crippen molar-refractivity contribution in [1.82, 2.24) is 5.32 Å². The van der Waals surface area contributed by atoms with Crippen LogP contribution in [-0.4, -0.2) is 26.2 Å². The van der Waals surface area contributed by atoms with Crippen LogP contribution in [0.1, 0.15) is 37.7 Å². The normalized spacial score (nSPS) is 14.9. The van der Waals surface area contributed by atoms with E-state index >= 15 is 0 Å². The molecule has 1 aliphatic carbocycles. The van der Waals surface area contributed by atoms with E-state index in [1.54, 1.807) is 7.11 Å². The summed E-state index contributed by atoms with van der Waals surface area (Å²) in [5.41, 5.74) is 7.20. The molecule has 0 aliphatic heterocycles. The van der Waals surface area contributed by atoms with Gasteiger partial charge in [-0.05, 0) is 55.7 Å². The van der Waals surface area contributed by atoms with Crippen LogP contribution in [0.4, 0.5) is 0 Å². The Morgan fingerprint density at radius 1 is 1.27 bits per heavy atom. The van der Waals surface area contributed by atoms with E-state index < -0.39 is 0 Å². The number of hydrogen-bond donors (Lipinski definition) is 2. The number of aliphatic imine (C=N–C) groups is 1. The number of halogens is 1. The van der Waals surface area contributed by atoms with Crippen LogP contribution < -0.4 is 15.8 Å².